The van der Waals surface area contributed by atoms with Crippen LogP contribution < -0.4 is 5.32 Å². The zero-order valence-electron chi connectivity index (χ0n) is 9.98. The largest absolute Gasteiger partial charge is 0.391 e. The minimum atomic E-state index is -4.18. The number of hydrogen-bond donors (Lipinski definition) is 1. The van der Waals surface area contributed by atoms with E-state index in [9.17, 15) is 23.3 Å². The smallest absolute Gasteiger partial charge is 0.310 e. The predicted molar refractivity (Wildman–Crippen MR) is 62.6 cm³/mol. The van der Waals surface area contributed by atoms with Crippen LogP contribution in [-0.2, 0) is 0 Å². The van der Waals surface area contributed by atoms with E-state index in [-0.39, 0.29) is 18.5 Å². The third kappa shape index (κ3) is 3.23. The predicted octanol–water partition coefficient (Wildman–Crippen LogP) is 3.20. The Labute approximate surface area is 107 Å². The maximum Gasteiger partial charge on any atom is 0.391 e. The quantitative estimate of drug-likeness (QED) is 0.665. The van der Waals surface area contributed by atoms with Crippen LogP contribution in [0.1, 0.15) is 24.4 Å². The Hall–Kier alpha value is -1.63. The highest BCUT2D eigenvalue weighted by Crippen LogP contribution is 2.38. The van der Waals surface area contributed by atoms with Crippen molar-refractivity contribution in [2.24, 2.45) is 5.92 Å². The van der Waals surface area contributed by atoms with E-state index in [2.05, 4.69) is 5.32 Å². The van der Waals surface area contributed by atoms with Crippen LogP contribution in [0.4, 0.5) is 18.9 Å². The number of piperidine rings is 1. The van der Waals surface area contributed by atoms with Crippen LogP contribution in [0.25, 0.3) is 0 Å². The summed E-state index contributed by atoms with van der Waals surface area (Å²) in [6.07, 6.45) is -4.13. The summed E-state index contributed by atoms with van der Waals surface area (Å²) in [4.78, 5) is 9.98. The third-order valence-corrected chi connectivity index (χ3v) is 3.37. The second-order valence-electron chi connectivity index (χ2n) is 4.62. The number of benzene rings is 1. The number of nitrogens with one attached hydrogen (secondary N) is 1. The van der Waals surface area contributed by atoms with Gasteiger partial charge in [-0.2, -0.15) is 13.2 Å². The summed E-state index contributed by atoms with van der Waals surface area (Å²) in [7, 11) is 0. The van der Waals surface area contributed by atoms with Crippen molar-refractivity contribution in [1.82, 2.24) is 5.32 Å². The van der Waals surface area contributed by atoms with Crippen molar-refractivity contribution < 1.29 is 18.1 Å². The van der Waals surface area contributed by atoms with Crippen LogP contribution in [-0.4, -0.2) is 17.6 Å². The van der Waals surface area contributed by atoms with E-state index in [1.165, 1.54) is 24.3 Å². The molecule has 1 aromatic carbocycles. The number of rotatable bonds is 2. The molecule has 0 saturated carbocycles. The van der Waals surface area contributed by atoms with Crippen LogP contribution in [0.5, 0.6) is 0 Å². The van der Waals surface area contributed by atoms with Crippen LogP contribution in [0.2, 0.25) is 0 Å². The molecule has 2 unspecified atom stereocenters. The van der Waals surface area contributed by atoms with Gasteiger partial charge in [0.15, 0.2) is 0 Å². The molecule has 1 saturated heterocycles. The first-order valence-corrected chi connectivity index (χ1v) is 5.92. The van der Waals surface area contributed by atoms with Gasteiger partial charge in [0.1, 0.15) is 0 Å². The highest BCUT2D eigenvalue weighted by molar-refractivity contribution is 5.34. The van der Waals surface area contributed by atoms with Gasteiger partial charge in [0, 0.05) is 18.2 Å². The van der Waals surface area contributed by atoms with Crippen LogP contribution in [0, 0.1) is 16.0 Å². The molecule has 1 aliphatic heterocycles. The minimum absolute atomic E-state index is 0.0265. The van der Waals surface area contributed by atoms with Crippen LogP contribution in [0.3, 0.4) is 0 Å². The van der Waals surface area contributed by atoms with Crippen molar-refractivity contribution in [2.45, 2.75) is 25.1 Å². The van der Waals surface area contributed by atoms with Crippen molar-refractivity contribution in [3.63, 3.8) is 0 Å². The molecule has 1 aliphatic rings. The SMILES string of the molecule is O=[N+]([O-])c1ccc(C2CC(C(F)(F)F)CCN2)cc1. The molecule has 7 heteroatoms. The molecule has 0 aliphatic carbocycles. The summed E-state index contributed by atoms with van der Waals surface area (Å²) in [6, 6.07) is 5.24. The maximum absolute atomic E-state index is 12.7. The lowest BCUT2D eigenvalue weighted by molar-refractivity contribution is -0.384. The molecule has 1 fully saturated rings. The van der Waals surface area contributed by atoms with Gasteiger partial charge in [0.05, 0.1) is 10.8 Å². The lowest BCUT2D eigenvalue weighted by atomic mass is 9.88. The Bertz CT molecular complexity index is 459. The van der Waals surface area contributed by atoms with Crippen molar-refractivity contribution in [3.05, 3.63) is 39.9 Å². The molecule has 104 valence electrons. The van der Waals surface area contributed by atoms with Gasteiger partial charge >= 0.3 is 6.18 Å². The van der Waals surface area contributed by atoms with Crippen LogP contribution >= 0.6 is 0 Å². The molecule has 19 heavy (non-hydrogen) atoms. The zero-order chi connectivity index (χ0) is 14.0. The molecular formula is C12H13F3N2O2. The van der Waals surface area contributed by atoms with Crippen LogP contribution in [0.15, 0.2) is 24.3 Å². The fourth-order valence-electron chi connectivity index (χ4n) is 2.30. The Kier molecular flexibility index (Phi) is 3.75. The number of nitrogens with zero attached hydrogens (tertiary/aromatic N) is 1. The first kappa shape index (κ1) is 13.8. The highest BCUT2D eigenvalue weighted by Gasteiger charge is 2.42. The molecule has 0 amide bonds. The van der Waals surface area contributed by atoms with Gasteiger partial charge in [-0.05, 0) is 24.9 Å². The Morgan fingerprint density at radius 2 is 1.89 bits per heavy atom. The normalized spacial score (nSPS) is 24.2. The van der Waals surface area contributed by atoms with Gasteiger partial charge in [-0.1, -0.05) is 12.1 Å². The number of alkyl halides is 3. The van der Waals surface area contributed by atoms with Gasteiger partial charge in [0.2, 0.25) is 0 Å². The molecule has 1 heterocycles. The van der Waals surface area contributed by atoms with Gasteiger partial charge in [-0.3, -0.25) is 10.1 Å². The van der Waals surface area contributed by atoms with E-state index < -0.39 is 23.1 Å². The first-order valence-electron chi connectivity index (χ1n) is 5.92. The third-order valence-electron chi connectivity index (χ3n) is 3.37. The van der Waals surface area contributed by atoms with E-state index in [4.69, 9.17) is 0 Å². The molecule has 2 rings (SSSR count). The summed E-state index contributed by atoms with van der Waals surface area (Å²) in [5.74, 6) is -1.31. The summed E-state index contributed by atoms with van der Waals surface area (Å²) in [5, 5.41) is 13.5. The molecular weight excluding hydrogens is 261 g/mol. The van der Waals surface area contributed by atoms with E-state index in [0.717, 1.165) is 0 Å². The van der Waals surface area contributed by atoms with Gasteiger partial charge < -0.3 is 5.32 Å². The number of nitro groups is 1. The second-order valence-corrected chi connectivity index (χ2v) is 4.62. The summed E-state index contributed by atoms with van der Waals surface area (Å²) >= 11 is 0. The molecule has 2 atom stereocenters. The van der Waals surface area contributed by atoms with Crippen molar-refractivity contribution in [2.75, 3.05) is 6.54 Å². The van der Waals surface area contributed by atoms with E-state index in [1.807, 2.05) is 0 Å². The molecule has 0 bridgehead atoms. The van der Waals surface area contributed by atoms with Gasteiger partial charge in [-0.15, -0.1) is 0 Å². The van der Waals surface area contributed by atoms with E-state index in [1.54, 1.807) is 0 Å². The second kappa shape index (κ2) is 5.16. The monoisotopic (exact) mass is 274 g/mol. The standard InChI is InChI=1S/C12H13F3N2O2/c13-12(14,15)9-5-6-16-11(7-9)8-1-3-10(4-2-8)17(18)19/h1-4,9,11,16H,5-7H2. The van der Waals surface area contributed by atoms with Gasteiger partial charge in [-0.25, -0.2) is 0 Å². The van der Waals surface area contributed by atoms with Crippen molar-refractivity contribution in [3.8, 4) is 0 Å². The fraction of sp³-hybridized carbons (Fsp3) is 0.500. The average Bonchev–Trinajstić information content (AvgIpc) is 2.38. The first-order chi connectivity index (χ1) is 8.88. The fourth-order valence-corrected chi connectivity index (χ4v) is 2.30. The average molecular weight is 274 g/mol. The molecule has 1 aromatic rings. The lowest BCUT2D eigenvalue weighted by Crippen LogP contribution is -2.37. The molecule has 0 spiro atoms. The molecule has 0 radical (unpaired) electrons. The molecule has 0 aromatic heterocycles. The number of non-ortho nitro benzene ring substituents is 1. The highest BCUT2D eigenvalue weighted by atomic mass is 19.4. The van der Waals surface area contributed by atoms with E-state index >= 15 is 0 Å². The van der Waals surface area contributed by atoms with Gasteiger partial charge in [0.25, 0.3) is 5.69 Å². The van der Waals surface area contributed by atoms with Crippen molar-refractivity contribution >= 4 is 5.69 Å². The Morgan fingerprint density at radius 3 is 2.42 bits per heavy atom. The molecule has 1 N–H and O–H groups in total. The van der Waals surface area contributed by atoms with E-state index in [0.29, 0.717) is 12.1 Å². The maximum atomic E-state index is 12.7. The topological polar surface area (TPSA) is 55.2 Å². The van der Waals surface area contributed by atoms with Crippen molar-refractivity contribution in [1.29, 1.82) is 0 Å². The number of hydrogen-bond acceptors (Lipinski definition) is 3. The summed E-state index contributed by atoms with van der Waals surface area (Å²) in [6.45, 7) is 0.297. The minimum Gasteiger partial charge on any atom is -0.310 e. The number of halogens is 3. The Balaban J connectivity index is 2.11. The summed E-state index contributed by atoms with van der Waals surface area (Å²) in [5.41, 5.74) is 0.589. The Morgan fingerprint density at radius 1 is 1.26 bits per heavy atom. The zero-order valence-corrected chi connectivity index (χ0v) is 9.98. The number of nitro benzene ring substituents is 1. The molecule has 4 nitrogen and oxygen atoms in total. The lowest BCUT2D eigenvalue weighted by Gasteiger charge is -2.31. The summed E-state index contributed by atoms with van der Waals surface area (Å²) < 4.78 is 38.0.